The molecule has 0 unspecified atom stereocenters. The molecular formula is C15H19N5. The van der Waals surface area contributed by atoms with Gasteiger partial charge in [0.15, 0.2) is 0 Å². The van der Waals surface area contributed by atoms with Crippen molar-refractivity contribution >= 4 is 11.9 Å². The van der Waals surface area contributed by atoms with Crippen LogP contribution in [0.2, 0.25) is 0 Å². The average Bonchev–Trinajstić information content (AvgIpc) is 2.80. The van der Waals surface area contributed by atoms with E-state index in [9.17, 15) is 0 Å². The molecule has 0 spiro atoms. The highest BCUT2D eigenvalue weighted by Gasteiger charge is 2.23. The molecule has 5 heteroatoms. The van der Waals surface area contributed by atoms with Gasteiger partial charge in [0.1, 0.15) is 5.82 Å². The Kier molecular flexibility index (Phi) is 3.26. The monoisotopic (exact) mass is 269 g/mol. The predicted octanol–water partition coefficient (Wildman–Crippen LogP) is 2.42. The number of aromatic nitrogens is 3. The standard InChI is InChI=1S/C15H19N5/c1-3-10-4-5-11-6-7-13(12(11)8-10)19-15-18-9(2)17-14(16)20-15/h4-5,8,13H,3,6-7H2,1-2H3,(H3,16,17,18,19,20)/t13-/m1/s1. The normalized spacial score (nSPS) is 17.0. The van der Waals surface area contributed by atoms with E-state index in [2.05, 4.69) is 45.4 Å². The maximum Gasteiger partial charge on any atom is 0.228 e. The molecule has 1 aliphatic rings. The molecule has 0 saturated carbocycles. The summed E-state index contributed by atoms with van der Waals surface area (Å²) in [6.07, 6.45) is 3.21. The lowest BCUT2D eigenvalue weighted by Crippen LogP contribution is -2.12. The highest BCUT2D eigenvalue weighted by Crippen LogP contribution is 2.34. The first-order valence-corrected chi connectivity index (χ1v) is 7.02. The van der Waals surface area contributed by atoms with Gasteiger partial charge in [0.2, 0.25) is 11.9 Å². The quantitative estimate of drug-likeness (QED) is 0.895. The number of benzene rings is 1. The number of hydrogen-bond donors (Lipinski definition) is 2. The van der Waals surface area contributed by atoms with E-state index in [0.29, 0.717) is 11.8 Å². The lowest BCUT2D eigenvalue weighted by Gasteiger charge is -2.15. The van der Waals surface area contributed by atoms with Gasteiger partial charge in [-0.2, -0.15) is 15.0 Å². The predicted molar refractivity (Wildman–Crippen MR) is 79.5 cm³/mol. The zero-order chi connectivity index (χ0) is 14.1. The molecule has 5 nitrogen and oxygen atoms in total. The fourth-order valence-corrected chi connectivity index (χ4v) is 2.74. The van der Waals surface area contributed by atoms with Crippen molar-refractivity contribution in [2.75, 3.05) is 11.1 Å². The third-order valence-electron chi connectivity index (χ3n) is 3.76. The van der Waals surface area contributed by atoms with Crippen LogP contribution < -0.4 is 11.1 Å². The Morgan fingerprint density at radius 3 is 2.90 bits per heavy atom. The van der Waals surface area contributed by atoms with Gasteiger partial charge < -0.3 is 11.1 Å². The van der Waals surface area contributed by atoms with Crippen molar-refractivity contribution in [3.63, 3.8) is 0 Å². The lowest BCUT2D eigenvalue weighted by molar-refractivity contribution is 0.747. The molecule has 0 fully saturated rings. The van der Waals surface area contributed by atoms with Crippen LogP contribution in [0.3, 0.4) is 0 Å². The number of nitrogens with zero attached hydrogens (tertiary/aromatic N) is 3. The molecule has 0 aliphatic heterocycles. The number of hydrogen-bond acceptors (Lipinski definition) is 5. The summed E-state index contributed by atoms with van der Waals surface area (Å²) in [5.74, 6) is 1.47. The zero-order valence-corrected chi connectivity index (χ0v) is 11.8. The van der Waals surface area contributed by atoms with Crippen LogP contribution in [0, 0.1) is 6.92 Å². The largest absolute Gasteiger partial charge is 0.368 e. The van der Waals surface area contributed by atoms with Gasteiger partial charge >= 0.3 is 0 Å². The number of aryl methyl sites for hydroxylation is 3. The van der Waals surface area contributed by atoms with E-state index in [1.54, 1.807) is 0 Å². The van der Waals surface area contributed by atoms with Gasteiger partial charge in [0.05, 0.1) is 6.04 Å². The summed E-state index contributed by atoms with van der Waals surface area (Å²) in [6, 6.07) is 7.00. The first kappa shape index (κ1) is 12.8. The van der Waals surface area contributed by atoms with Gasteiger partial charge in [-0.25, -0.2) is 0 Å². The van der Waals surface area contributed by atoms with Crippen molar-refractivity contribution in [3.8, 4) is 0 Å². The van der Waals surface area contributed by atoms with Crippen molar-refractivity contribution in [2.24, 2.45) is 0 Å². The Morgan fingerprint density at radius 1 is 1.30 bits per heavy atom. The second kappa shape index (κ2) is 5.07. The molecule has 3 rings (SSSR count). The summed E-state index contributed by atoms with van der Waals surface area (Å²) in [4.78, 5) is 12.5. The number of rotatable bonds is 3. The molecule has 1 atom stereocenters. The maximum atomic E-state index is 5.67. The Bertz CT molecular complexity index is 618. The molecule has 3 N–H and O–H groups in total. The van der Waals surface area contributed by atoms with E-state index >= 15 is 0 Å². The van der Waals surface area contributed by atoms with Crippen molar-refractivity contribution in [1.29, 1.82) is 0 Å². The molecule has 104 valence electrons. The molecule has 1 aromatic carbocycles. The van der Waals surface area contributed by atoms with Crippen LogP contribution in [0.1, 0.15) is 41.9 Å². The molecule has 0 bridgehead atoms. The van der Waals surface area contributed by atoms with Gasteiger partial charge in [0.25, 0.3) is 0 Å². The fourth-order valence-electron chi connectivity index (χ4n) is 2.74. The van der Waals surface area contributed by atoms with Crippen molar-refractivity contribution in [2.45, 2.75) is 39.2 Å². The number of anilines is 2. The van der Waals surface area contributed by atoms with Crippen LogP contribution >= 0.6 is 0 Å². The highest BCUT2D eigenvalue weighted by molar-refractivity contribution is 5.43. The molecular weight excluding hydrogens is 250 g/mol. The van der Waals surface area contributed by atoms with Crippen LogP contribution in [0.4, 0.5) is 11.9 Å². The molecule has 0 amide bonds. The van der Waals surface area contributed by atoms with Gasteiger partial charge in [0, 0.05) is 0 Å². The van der Waals surface area contributed by atoms with Crippen molar-refractivity contribution < 1.29 is 0 Å². The third kappa shape index (κ3) is 2.43. The second-order valence-corrected chi connectivity index (χ2v) is 5.19. The first-order valence-electron chi connectivity index (χ1n) is 7.02. The summed E-state index contributed by atoms with van der Waals surface area (Å²) < 4.78 is 0. The Hall–Kier alpha value is -2.17. The van der Waals surface area contributed by atoms with Crippen LogP contribution in [-0.2, 0) is 12.8 Å². The second-order valence-electron chi connectivity index (χ2n) is 5.19. The van der Waals surface area contributed by atoms with Crippen molar-refractivity contribution in [3.05, 3.63) is 40.7 Å². The molecule has 20 heavy (non-hydrogen) atoms. The minimum absolute atomic E-state index is 0.262. The van der Waals surface area contributed by atoms with Gasteiger partial charge in [-0.15, -0.1) is 0 Å². The number of nitrogen functional groups attached to an aromatic ring is 1. The van der Waals surface area contributed by atoms with E-state index in [-0.39, 0.29) is 12.0 Å². The summed E-state index contributed by atoms with van der Waals surface area (Å²) in [5, 5.41) is 3.39. The van der Waals surface area contributed by atoms with E-state index < -0.39 is 0 Å². The maximum absolute atomic E-state index is 5.67. The smallest absolute Gasteiger partial charge is 0.228 e. The summed E-state index contributed by atoms with van der Waals surface area (Å²) >= 11 is 0. The summed E-state index contributed by atoms with van der Waals surface area (Å²) in [5.41, 5.74) is 9.81. The topological polar surface area (TPSA) is 76.7 Å². The number of nitrogens with one attached hydrogen (secondary N) is 1. The van der Waals surface area contributed by atoms with Gasteiger partial charge in [-0.3, -0.25) is 0 Å². The van der Waals surface area contributed by atoms with Gasteiger partial charge in [-0.05, 0) is 42.9 Å². The molecule has 0 radical (unpaired) electrons. The number of nitrogens with two attached hydrogens (primary N) is 1. The molecule has 1 aliphatic carbocycles. The van der Waals surface area contributed by atoms with E-state index in [1.807, 2.05) is 6.92 Å². The zero-order valence-electron chi connectivity index (χ0n) is 11.8. The van der Waals surface area contributed by atoms with E-state index in [4.69, 9.17) is 5.73 Å². The average molecular weight is 269 g/mol. The molecule has 1 aromatic heterocycles. The van der Waals surface area contributed by atoms with Crippen LogP contribution in [0.15, 0.2) is 18.2 Å². The molecule has 2 aromatic rings. The summed E-state index contributed by atoms with van der Waals surface area (Å²) in [7, 11) is 0. The molecule has 1 heterocycles. The molecule has 0 saturated heterocycles. The first-order chi connectivity index (χ1) is 9.65. The van der Waals surface area contributed by atoms with Crippen LogP contribution in [0.25, 0.3) is 0 Å². The Balaban J connectivity index is 1.87. The van der Waals surface area contributed by atoms with Crippen LogP contribution in [-0.4, -0.2) is 15.0 Å². The summed E-state index contributed by atoms with van der Waals surface area (Å²) in [6.45, 7) is 4.00. The SMILES string of the molecule is CCc1ccc2c(c1)[C@H](Nc1nc(C)nc(N)n1)CC2. The van der Waals surface area contributed by atoms with Gasteiger partial charge in [-0.1, -0.05) is 25.1 Å². The highest BCUT2D eigenvalue weighted by atomic mass is 15.2. The Morgan fingerprint density at radius 2 is 2.15 bits per heavy atom. The minimum atomic E-state index is 0.262. The van der Waals surface area contributed by atoms with E-state index in [0.717, 1.165) is 19.3 Å². The Labute approximate surface area is 118 Å². The fraction of sp³-hybridized carbons (Fsp3) is 0.400. The minimum Gasteiger partial charge on any atom is -0.368 e. The van der Waals surface area contributed by atoms with Crippen molar-refractivity contribution in [1.82, 2.24) is 15.0 Å². The third-order valence-corrected chi connectivity index (χ3v) is 3.76. The lowest BCUT2D eigenvalue weighted by atomic mass is 10.0. The number of fused-ring (bicyclic) bond motifs is 1. The van der Waals surface area contributed by atoms with E-state index in [1.165, 1.54) is 16.7 Å². The van der Waals surface area contributed by atoms with Crippen LogP contribution in [0.5, 0.6) is 0 Å².